The van der Waals surface area contributed by atoms with Gasteiger partial charge < -0.3 is 9.47 Å². The first-order chi connectivity index (χ1) is 12.2. The van der Waals surface area contributed by atoms with Gasteiger partial charge in [-0.15, -0.1) is 11.3 Å². The molecule has 3 unspecified atom stereocenters. The third-order valence-electron chi connectivity index (χ3n) is 4.45. The van der Waals surface area contributed by atoms with Crippen LogP contribution in [0.15, 0.2) is 24.8 Å². The summed E-state index contributed by atoms with van der Waals surface area (Å²) in [5, 5.41) is 0.0978. The fraction of sp³-hybridized carbons (Fsp3) is 0.471. The number of fused-ring (bicyclic) bond motifs is 1. The van der Waals surface area contributed by atoms with Crippen molar-refractivity contribution in [1.82, 2.24) is 9.55 Å². The van der Waals surface area contributed by atoms with E-state index in [9.17, 15) is 4.79 Å². The Hall–Kier alpha value is -1.38. The van der Waals surface area contributed by atoms with Crippen LogP contribution in [0.25, 0.3) is 0 Å². The van der Waals surface area contributed by atoms with E-state index in [0.29, 0.717) is 0 Å². The predicted molar refractivity (Wildman–Crippen MR) is 104 cm³/mol. The van der Waals surface area contributed by atoms with E-state index < -0.39 is 0 Å². The van der Waals surface area contributed by atoms with Crippen LogP contribution in [0.4, 0.5) is 0 Å². The van der Waals surface area contributed by atoms with Crippen LogP contribution in [-0.2, 0) is 27.1 Å². The SMILES string of the molecule is COC(=O)C1CCc2cc(C(SC)C(OC=S)n3ccnc3)sc2C1. The number of methoxy groups -OCH3 is 1. The summed E-state index contributed by atoms with van der Waals surface area (Å²) in [6, 6.07) is 2.26. The van der Waals surface area contributed by atoms with Crippen LogP contribution in [0.2, 0.25) is 0 Å². The number of aryl methyl sites for hydroxylation is 1. The standard InChI is InChI=1S/C17H20N2O3S3/c1-21-17(20)12-4-3-11-7-14(25-13(11)8-12)15(24-2)16(22-10-23)19-6-5-18-9-19/h5-7,9-10,12,15-16H,3-4,8H2,1-2H3. The number of thiocarbonyl (C=S) groups is 1. The number of nitrogens with zero attached hydrogens (tertiary/aromatic N) is 2. The Balaban J connectivity index is 1.86. The summed E-state index contributed by atoms with van der Waals surface area (Å²) in [5.41, 5.74) is 2.65. The van der Waals surface area contributed by atoms with Crippen molar-refractivity contribution in [2.24, 2.45) is 5.92 Å². The van der Waals surface area contributed by atoms with Crippen LogP contribution in [0, 0.1) is 5.92 Å². The van der Waals surface area contributed by atoms with Crippen molar-refractivity contribution >= 4 is 46.8 Å². The van der Waals surface area contributed by atoms with Gasteiger partial charge in [0.15, 0.2) is 6.23 Å². The molecule has 3 rings (SSSR count). The third-order valence-corrected chi connectivity index (χ3v) is 6.99. The first-order valence-corrected chi connectivity index (χ1v) is 10.5. The van der Waals surface area contributed by atoms with E-state index >= 15 is 0 Å². The Morgan fingerprint density at radius 1 is 1.60 bits per heavy atom. The molecule has 25 heavy (non-hydrogen) atoms. The molecule has 5 nitrogen and oxygen atoms in total. The molecular weight excluding hydrogens is 376 g/mol. The summed E-state index contributed by atoms with van der Waals surface area (Å²) < 4.78 is 12.6. The second-order valence-corrected chi connectivity index (χ2v) is 8.19. The van der Waals surface area contributed by atoms with Crippen molar-refractivity contribution in [3.8, 4) is 0 Å². The van der Waals surface area contributed by atoms with Gasteiger partial charge in [-0.3, -0.25) is 9.36 Å². The van der Waals surface area contributed by atoms with Crippen molar-refractivity contribution in [2.75, 3.05) is 13.4 Å². The van der Waals surface area contributed by atoms with Crippen LogP contribution >= 0.6 is 35.3 Å². The Kier molecular flexibility index (Phi) is 6.14. The number of esters is 1. The number of thioether (sulfide) groups is 1. The molecule has 0 aliphatic heterocycles. The molecule has 2 aromatic rings. The van der Waals surface area contributed by atoms with E-state index in [2.05, 4.69) is 17.3 Å². The monoisotopic (exact) mass is 396 g/mol. The smallest absolute Gasteiger partial charge is 0.309 e. The summed E-state index contributed by atoms with van der Waals surface area (Å²) in [5.74, 6) is -0.138. The summed E-state index contributed by atoms with van der Waals surface area (Å²) >= 11 is 8.41. The number of ether oxygens (including phenoxy) is 2. The zero-order chi connectivity index (χ0) is 17.8. The quantitative estimate of drug-likeness (QED) is 0.524. The zero-order valence-electron chi connectivity index (χ0n) is 14.1. The number of rotatable bonds is 7. The largest absolute Gasteiger partial charge is 0.469 e. The number of hydrogen-bond donors (Lipinski definition) is 0. The average Bonchev–Trinajstić information content (AvgIpc) is 3.29. The first-order valence-electron chi connectivity index (χ1n) is 7.96. The van der Waals surface area contributed by atoms with Gasteiger partial charge >= 0.3 is 5.97 Å². The van der Waals surface area contributed by atoms with Gasteiger partial charge in [0, 0.05) is 22.1 Å². The summed E-state index contributed by atoms with van der Waals surface area (Å²) in [6.07, 6.45) is 9.71. The van der Waals surface area contributed by atoms with Gasteiger partial charge in [0.25, 0.3) is 0 Å². The minimum absolute atomic E-state index is 0.0293. The fourth-order valence-corrected chi connectivity index (χ4v) is 5.77. The Labute approximate surface area is 160 Å². The Morgan fingerprint density at radius 2 is 2.44 bits per heavy atom. The predicted octanol–water partition coefficient (Wildman–Crippen LogP) is 3.80. The third kappa shape index (κ3) is 3.91. The molecule has 0 bridgehead atoms. The Bertz CT molecular complexity index is 730. The maximum Gasteiger partial charge on any atom is 0.309 e. The van der Waals surface area contributed by atoms with Crippen LogP contribution in [-0.4, -0.2) is 34.4 Å². The highest BCUT2D eigenvalue weighted by Crippen LogP contribution is 2.44. The van der Waals surface area contributed by atoms with Gasteiger partial charge in [0.2, 0.25) is 0 Å². The van der Waals surface area contributed by atoms with Gasteiger partial charge in [-0.2, -0.15) is 11.8 Å². The molecule has 0 radical (unpaired) electrons. The fourth-order valence-electron chi connectivity index (χ4n) is 3.19. The van der Waals surface area contributed by atoms with E-state index in [1.165, 1.54) is 28.0 Å². The molecule has 8 heteroatoms. The minimum Gasteiger partial charge on any atom is -0.469 e. The van der Waals surface area contributed by atoms with Crippen LogP contribution in [0.5, 0.6) is 0 Å². The second kappa shape index (κ2) is 8.33. The van der Waals surface area contributed by atoms with Gasteiger partial charge in [-0.1, -0.05) is 0 Å². The lowest BCUT2D eigenvalue weighted by atomic mass is 9.89. The normalized spacial score (nSPS) is 18.9. The van der Waals surface area contributed by atoms with E-state index in [0.717, 1.165) is 19.3 Å². The van der Waals surface area contributed by atoms with E-state index in [4.69, 9.17) is 21.7 Å². The highest BCUT2D eigenvalue weighted by Gasteiger charge is 2.31. The number of aromatic nitrogens is 2. The number of carbonyl (C=O) groups is 1. The number of imidazole rings is 1. The van der Waals surface area contributed by atoms with E-state index in [-0.39, 0.29) is 23.4 Å². The highest BCUT2D eigenvalue weighted by molar-refractivity contribution is 7.99. The molecule has 0 saturated heterocycles. The number of thiophene rings is 1. The topological polar surface area (TPSA) is 53.4 Å². The van der Waals surface area contributed by atoms with E-state index in [1.54, 1.807) is 35.6 Å². The molecule has 0 aromatic carbocycles. The van der Waals surface area contributed by atoms with Gasteiger partial charge in [-0.05, 0) is 49.4 Å². The lowest BCUT2D eigenvalue weighted by Gasteiger charge is -2.24. The molecule has 0 saturated carbocycles. The lowest BCUT2D eigenvalue weighted by molar-refractivity contribution is -0.145. The van der Waals surface area contributed by atoms with Crippen molar-refractivity contribution in [1.29, 1.82) is 0 Å². The molecule has 0 amide bonds. The number of hydrogen-bond acceptors (Lipinski definition) is 7. The van der Waals surface area contributed by atoms with Gasteiger partial charge in [0.05, 0.1) is 24.6 Å². The molecule has 134 valence electrons. The number of carbonyl (C=O) groups excluding carboxylic acids is 1. The van der Waals surface area contributed by atoms with Crippen molar-refractivity contribution < 1.29 is 14.3 Å². The second-order valence-electron chi connectivity index (χ2n) is 5.85. The van der Waals surface area contributed by atoms with Gasteiger partial charge in [0.1, 0.15) is 5.55 Å². The Morgan fingerprint density at radius 3 is 3.08 bits per heavy atom. The summed E-state index contributed by atoms with van der Waals surface area (Å²) in [4.78, 5) is 18.5. The molecule has 2 heterocycles. The molecule has 0 spiro atoms. The molecule has 3 atom stereocenters. The zero-order valence-corrected chi connectivity index (χ0v) is 16.5. The molecule has 2 aromatic heterocycles. The van der Waals surface area contributed by atoms with Crippen LogP contribution in [0.1, 0.15) is 33.2 Å². The van der Waals surface area contributed by atoms with Crippen LogP contribution < -0.4 is 0 Å². The van der Waals surface area contributed by atoms with Crippen LogP contribution in [0.3, 0.4) is 0 Å². The molecule has 0 fully saturated rings. The molecule has 1 aliphatic rings. The summed E-state index contributed by atoms with van der Waals surface area (Å²) in [6.45, 7) is 0. The highest BCUT2D eigenvalue weighted by atomic mass is 32.2. The van der Waals surface area contributed by atoms with E-state index in [1.807, 2.05) is 10.8 Å². The van der Waals surface area contributed by atoms with Crippen molar-refractivity contribution in [3.63, 3.8) is 0 Å². The average molecular weight is 397 g/mol. The first kappa shape index (κ1) is 18.4. The summed E-state index contributed by atoms with van der Waals surface area (Å²) in [7, 11) is 1.46. The maximum absolute atomic E-state index is 11.9. The minimum atomic E-state index is -0.244. The molecule has 0 N–H and O–H groups in total. The molecule has 1 aliphatic carbocycles. The molecular formula is C17H20N2O3S3. The maximum atomic E-state index is 11.9. The lowest BCUT2D eigenvalue weighted by Crippen LogP contribution is -2.22. The van der Waals surface area contributed by atoms with Gasteiger partial charge in [-0.25, -0.2) is 4.98 Å². The van der Waals surface area contributed by atoms with Crippen molar-refractivity contribution in [3.05, 3.63) is 40.1 Å². The van der Waals surface area contributed by atoms with Crippen molar-refractivity contribution in [2.45, 2.75) is 30.7 Å².